The van der Waals surface area contributed by atoms with Crippen LogP contribution in [-0.2, 0) is 21.4 Å². The van der Waals surface area contributed by atoms with Crippen LogP contribution in [0.4, 0.5) is 5.82 Å². The van der Waals surface area contributed by atoms with Crippen molar-refractivity contribution in [1.29, 1.82) is 0 Å². The number of halogens is 2. The Morgan fingerprint density at radius 2 is 1.76 bits per heavy atom. The SMILES string of the molecule is CC(C)[C@@H]1Nc2nc(nc3ccccc23)CN2CCN(S(=O)(=O)c3c(Cl)cccc3Cl)CC2CNC1=O. The first-order valence-corrected chi connectivity index (χ1v) is 14.3. The molecule has 0 saturated carbocycles. The molecule has 2 atom stereocenters. The fraction of sp³-hybridized carbons (Fsp3) is 0.400. The first-order chi connectivity index (χ1) is 17.6. The molecule has 2 aromatic carbocycles. The summed E-state index contributed by atoms with van der Waals surface area (Å²) in [5, 5.41) is 7.37. The zero-order chi connectivity index (χ0) is 26.3. The van der Waals surface area contributed by atoms with Crippen LogP contribution in [0.15, 0.2) is 47.4 Å². The maximum Gasteiger partial charge on any atom is 0.246 e. The van der Waals surface area contributed by atoms with Gasteiger partial charge in [-0.05, 0) is 30.2 Å². The van der Waals surface area contributed by atoms with Crippen molar-refractivity contribution in [1.82, 2.24) is 24.5 Å². The first kappa shape index (κ1) is 26.1. The molecule has 9 nitrogen and oxygen atoms in total. The standard InChI is InChI=1S/C25H28Cl2N6O3S/c1-15(2)22-25(34)28-12-16-13-33(37(35,36)23-18(26)7-5-8-19(23)27)11-10-32(16)14-21-29-20-9-4-3-6-17(20)24(30-21)31-22/h3-9,15-16,22H,10-14H2,1-2H3,(H,28,34)(H,29,30,31)/t16?,22-/m0/s1. The van der Waals surface area contributed by atoms with Crippen molar-refractivity contribution in [3.05, 3.63) is 58.3 Å². The van der Waals surface area contributed by atoms with Crippen LogP contribution in [0.2, 0.25) is 10.0 Å². The van der Waals surface area contributed by atoms with E-state index in [1.54, 1.807) is 6.07 Å². The fourth-order valence-corrected chi connectivity index (χ4v) is 7.40. The lowest BCUT2D eigenvalue weighted by Crippen LogP contribution is -2.58. The zero-order valence-electron chi connectivity index (χ0n) is 20.5. The highest BCUT2D eigenvalue weighted by molar-refractivity contribution is 7.89. The molecule has 2 aliphatic rings. The van der Waals surface area contributed by atoms with Gasteiger partial charge < -0.3 is 10.6 Å². The molecule has 2 bridgehead atoms. The monoisotopic (exact) mass is 562 g/mol. The molecule has 196 valence electrons. The predicted molar refractivity (Wildman–Crippen MR) is 144 cm³/mol. The lowest BCUT2D eigenvalue weighted by Gasteiger charge is -2.40. The second kappa shape index (κ2) is 10.3. The van der Waals surface area contributed by atoms with Crippen LogP contribution in [0.1, 0.15) is 19.7 Å². The maximum atomic E-state index is 13.5. The minimum Gasteiger partial charge on any atom is -0.358 e. The Hall–Kier alpha value is -2.50. The van der Waals surface area contributed by atoms with E-state index in [9.17, 15) is 13.2 Å². The lowest BCUT2D eigenvalue weighted by atomic mass is 10.0. The number of piperazine rings is 1. The number of anilines is 1. The molecule has 1 amide bonds. The average molecular weight is 564 g/mol. The van der Waals surface area contributed by atoms with Crippen LogP contribution in [0.5, 0.6) is 0 Å². The summed E-state index contributed by atoms with van der Waals surface area (Å²) < 4.78 is 28.5. The van der Waals surface area contributed by atoms with E-state index in [2.05, 4.69) is 15.5 Å². The number of aromatic nitrogens is 2. The Kier molecular flexibility index (Phi) is 7.30. The van der Waals surface area contributed by atoms with Gasteiger partial charge in [0.25, 0.3) is 0 Å². The number of para-hydroxylation sites is 1. The summed E-state index contributed by atoms with van der Waals surface area (Å²) >= 11 is 12.5. The number of rotatable bonds is 3. The minimum atomic E-state index is -3.95. The highest BCUT2D eigenvalue weighted by Crippen LogP contribution is 2.33. The van der Waals surface area contributed by atoms with Crippen molar-refractivity contribution >= 4 is 55.9 Å². The van der Waals surface area contributed by atoms with Gasteiger partial charge in [0.05, 0.1) is 22.1 Å². The largest absolute Gasteiger partial charge is 0.358 e. The Bertz CT molecular complexity index is 1430. The Morgan fingerprint density at radius 3 is 2.49 bits per heavy atom. The van der Waals surface area contributed by atoms with Crippen molar-refractivity contribution < 1.29 is 13.2 Å². The van der Waals surface area contributed by atoms with Crippen molar-refractivity contribution in [2.75, 3.05) is 31.5 Å². The van der Waals surface area contributed by atoms with Gasteiger partial charge in [0.2, 0.25) is 15.9 Å². The van der Waals surface area contributed by atoms with Crippen LogP contribution in [0.3, 0.4) is 0 Å². The summed E-state index contributed by atoms with van der Waals surface area (Å²) in [4.78, 5) is 24.8. The van der Waals surface area contributed by atoms with E-state index in [1.807, 2.05) is 38.1 Å². The third-order valence-corrected chi connectivity index (χ3v) is 9.65. The molecule has 12 heteroatoms. The highest BCUT2D eigenvalue weighted by Gasteiger charge is 2.37. The number of amides is 1. The molecule has 0 spiro atoms. The van der Waals surface area contributed by atoms with Gasteiger partial charge in [-0.15, -0.1) is 0 Å². The summed E-state index contributed by atoms with van der Waals surface area (Å²) in [6.45, 7) is 5.43. The van der Waals surface area contributed by atoms with Crippen LogP contribution in [0.25, 0.3) is 10.9 Å². The predicted octanol–water partition coefficient (Wildman–Crippen LogP) is 3.38. The summed E-state index contributed by atoms with van der Waals surface area (Å²) in [6, 6.07) is 11.5. The van der Waals surface area contributed by atoms with Gasteiger partial charge in [-0.1, -0.05) is 55.2 Å². The molecule has 0 radical (unpaired) electrons. The van der Waals surface area contributed by atoms with Crippen molar-refractivity contribution in [3.8, 4) is 0 Å². The lowest BCUT2D eigenvalue weighted by molar-refractivity contribution is -0.123. The van der Waals surface area contributed by atoms with E-state index in [0.29, 0.717) is 24.7 Å². The van der Waals surface area contributed by atoms with Gasteiger partial charge in [-0.25, -0.2) is 18.4 Å². The molecule has 1 unspecified atom stereocenters. The average Bonchev–Trinajstić information content (AvgIpc) is 2.87. The summed E-state index contributed by atoms with van der Waals surface area (Å²) in [6.07, 6.45) is 0. The minimum absolute atomic E-state index is 0.0142. The number of carbonyl (C=O) groups is 1. The third-order valence-electron chi connectivity index (χ3n) is 6.83. The van der Waals surface area contributed by atoms with Crippen LogP contribution < -0.4 is 10.6 Å². The maximum absolute atomic E-state index is 13.5. The number of fused-ring (bicyclic) bond motifs is 5. The number of nitrogens with zero attached hydrogens (tertiary/aromatic N) is 4. The summed E-state index contributed by atoms with van der Waals surface area (Å²) in [5.74, 6) is 1.03. The van der Waals surface area contributed by atoms with E-state index in [0.717, 1.165) is 10.9 Å². The van der Waals surface area contributed by atoms with Crippen LogP contribution >= 0.6 is 23.2 Å². The number of sulfonamides is 1. The molecule has 3 heterocycles. The molecule has 5 rings (SSSR count). The molecule has 1 fully saturated rings. The Balaban J connectivity index is 1.51. The van der Waals surface area contributed by atoms with Crippen LogP contribution in [0, 0.1) is 5.92 Å². The Morgan fingerprint density at radius 1 is 1.03 bits per heavy atom. The normalized spacial score (nSPS) is 21.7. The van der Waals surface area contributed by atoms with E-state index in [1.165, 1.54) is 16.4 Å². The van der Waals surface area contributed by atoms with Gasteiger partial charge >= 0.3 is 0 Å². The Labute approximate surface area is 226 Å². The molecule has 0 aliphatic carbocycles. The van der Waals surface area contributed by atoms with Gasteiger partial charge in [0.15, 0.2) is 0 Å². The molecular formula is C25H28Cl2N6O3S. The molecule has 2 aliphatic heterocycles. The van der Waals surface area contributed by atoms with Crippen LogP contribution in [-0.4, -0.2) is 71.8 Å². The second-order valence-electron chi connectivity index (χ2n) is 9.65. The molecule has 2 N–H and O–H groups in total. The van der Waals surface area contributed by atoms with Gasteiger partial charge in [0.1, 0.15) is 22.6 Å². The zero-order valence-corrected chi connectivity index (χ0v) is 22.8. The third kappa shape index (κ3) is 5.13. The molecule has 37 heavy (non-hydrogen) atoms. The topological polar surface area (TPSA) is 108 Å². The summed E-state index contributed by atoms with van der Waals surface area (Å²) in [7, 11) is -3.95. The number of hydrogen-bond acceptors (Lipinski definition) is 7. The molecular weight excluding hydrogens is 535 g/mol. The highest BCUT2D eigenvalue weighted by atomic mass is 35.5. The van der Waals surface area contributed by atoms with Gasteiger partial charge in [-0.2, -0.15) is 4.31 Å². The van der Waals surface area contributed by atoms with E-state index < -0.39 is 16.1 Å². The van der Waals surface area contributed by atoms with E-state index in [4.69, 9.17) is 33.2 Å². The quantitative estimate of drug-likeness (QED) is 0.503. The van der Waals surface area contributed by atoms with E-state index >= 15 is 0 Å². The van der Waals surface area contributed by atoms with Gasteiger partial charge in [0, 0.05) is 37.6 Å². The second-order valence-corrected chi connectivity index (χ2v) is 12.3. The fourth-order valence-electron chi connectivity index (χ4n) is 4.84. The number of hydrogen-bond donors (Lipinski definition) is 2. The smallest absolute Gasteiger partial charge is 0.246 e. The number of benzene rings is 2. The molecule has 1 saturated heterocycles. The molecule has 1 aromatic heterocycles. The van der Waals surface area contributed by atoms with Gasteiger partial charge in [-0.3, -0.25) is 9.69 Å². The van der Waals surface area contributed by atoms with E-state index in [-0.39, 0.29) is 52.4 Å². The first-order valence-electron chi connectivity index (χ1n) is 12.1. The van der Waals surface area contributed by atoms with Crippen molar-refractivity contribution in [2.45, 2.75) is 37.4 Å². The van der Waals surface area contributed by atoms with Crippen molar-refractivity contribution in [3.63, 3.8) is 0 Å². The summed E-state index contributed by atoms with van der Waals surface area (Å²) in [5.41, 5.74) is 0.781. The molecule has 3 aromatic rings. The number of nitrogens with one attached hydrogen (secondary N) is 2. The van der Waals surface area contributed by atoms with Crippen molar-refractivity contribution in [2.24, 2.45) is 5.92 Å². The number of carbonyl (C=O) groups excluding carboxylic acids is 1.